The van der Waals surface area contributed by atoms with Gasteiger partial charge in [-0.15, -0.1) is 0 Å². The molecule has 3 amide bonds. The van der Waals surface area contributed by atoms with Crippen molar-refractivity contribution in [2.24, 2.45) is 5.92 Å². The molecule has 1 fully saturated rings. The van der Waals surface area contributed by atoms with E-state index < -0.39 is 23.7 Å². The summed E-state index contributed by atoms with van der Waals surface area (Å²) >= 11 is 13.7. The van der Waals surface area contributed by atoms with Crippen molar-refractivity contribution in [2.45, 2.75) is 20.3 Å². The monoisotopic (exact) mass is 766 g/mol. The molecule has 0 N–H and O–H groups in total. The summed E-state index contributed by atoms with van der Waals surface area (Å²) in [7, 11) is 0. The first-order valence-electron chi connectivity index (χ1n) is 11.4. The van der Waals surface area contributed by atoms with Gasteiger partial charge >= 0.3 is 5.97 Å². The Bertz CT molecular complexity index is 1520. The van der Waals surface area contributed by atoms with Gasteiger partial charge in [0.05, 0.1) is 22.7 Å². The maximum Gasteiger partial charge on any atom is 0.316 e. The Morgan fingerprint density at radius 1 is 0.816 bits per heavy atom. The second kappa shape index (κ2) is 10.3. The van der Waals surface area contributed by atoms with Crippen LogP contribution in [0.15, 0.2) is 60.4 Å². The van der Waals surface area contributed by atoms with Gasteiger partial charge in [-0.2, -0.15) is 0 Å². The second-order valence-electron chi connectivity index (χ2n) is 9.01. The average molecular weight is 770 g/mol. The molecular formula is C27H18Br4N2O5. The first kappa shape index (κ1) is 27.2. The normalized spacial score (nSPS) is 16.9. The summed E-state index contributed by atoms with van der Waals surface area (Å²) in [6, 6.07) is 12.2. The van der Waals surface area contributed by atoms with Gasteiger partial charge in [-0.25, -0.2) is 4.90 Å². The molecule has 2 aliphatic rings. The van der Waals surface area contributed by atoms with Crippen molar-refractivity contribution >= 4 is 98.8 Å². The quantitative estimate of drug-likeness (QED) is 0.0930. The molecule has 0 saturated carbocycles. The molecule has 3 aromatic rings. The standard InChI is InChI=1S/C27H18Br4N2O5/c1-12-5-3-4-6-16(12)32-11-14(10-18(32)34)27(37)38-15-7-8-17(13(2)9-15)33-25(35)19-20(26(33)36)22(29)24(31)23(30)21(19)28/h3-9,14H,10-11H2,1-2H3/t14-/m0/s1. The van der Waals surface area contributed by atoms with Crippen molar-refractivity contribution < 1.29 is 23.9 Å². The lowest BCUT2D eigenvalue weighted by Crippen LogP contribution is -2.30. The number of rotatable bonds is 4. The number of nitrogens with zero attached hydrogens (tertiary/aromatic N) is 2. The molecule has 194 valence electrons. The minimum atomic E-state index is -0.607. The van der Waals surface area contributed by atoms with Crippen LogP contribution >= 0.6 is 63.7 Å². The minimum Gasteiger partial charge on any atom is -0.426 e. The molecule has 0 aromatic heterocycles. The lowest BCUT2D eigenvalue weighted by atomic mass is 10.1. The van der Waals surface area contributed by atoms with Gasteiger partial charge in [0.25, 0.3) is 11.8 Å². The number of esters is 1. The number of ether oxygens (including phenoxy) is 1. The molecule has 2 aliphatic heterocycles. The van der Waals surface area contributed by atoms with E-state index in [2.05, 4.69) is 63.7 Å². The number of imide groups is 1. The highest BCUT2D eigenvalue weighted by Crippen LogP contribution is 2.46. The van der Waals surface area contributed by atoms with Gasteiger partial charge in [-0.1, -0.05) is 18.2 Å². The second-order valence-corrected chi connectivity index (χ2v) is 12.2. The predicted molar refractivity (Wildman–Crippen MR) is 157 cm³/mol. The van der Waals surface area contributed by atoms with Crippen LogP contribution in [0.1, 0.15) is 38.3 Å². The highest BCUT2D eigenvalue weighted by molar-refractivity contribution is 9.15. The fourth-order valence-electron chi connectivity index (χ4n) is 4.67. The van der Waals surface area contributed by atoms with Gasteiger partial charge in [-0.05, 0) is 113 Å². The minimum absolute atomic E-state index is 0.0636. The Balaban J connectivity index is 1.36. The van der Waals surface area contributed by atoms with E-state index in [1.54, 1.807) is 24.0 Å². The third kappa shape index (κ3) is 4.47. The number of halogens is 4. The van der Waals surface area contributed by atoms with E-state index in [0.717, 1.165) is 16.2 Å². The molecule has 0 unspecified atom stereocenters. The highest BCUT2D eigenvalue weighted by atomic mass is 79.9. The summed E-state index contributed by atoms with van der Waals surface area (Å²) in [5.41, 5.74) is 3.18. The van der Waals surface area contributed by atoms with E-state index in [-0.39, 0.29) is 35.7 Å². The molecule has 1 saturated heterocycles. The molecular weight excluding hydrogens is 752 g/mol. The molecule has 2 heterocycles. The fraction of sp³-hybridized carbons (Fsp3) is 0.185. The molecule has 0 radical (unpaired) electrons. The number of fused-ring (bicyclic) bond motifs is 1. The molecule has 7 nitrogen and oxygen atoms in total. The van der Waals surface area contributed by atoms with Crippen molar-refractivity contribution in [1.29, 1.82) is 0 Å². The third-order valence-corrected chi connectivity index (χ3v) is 11.4. The molecule has 11 heteroatoms. The van der Waals surface area contributed by atoms with Crippen molar-refractivity contribution in [3.8, 4) is 5.75 Å². The molecule has 0 bridgehead atoms. The summed E-state index contributed by atoms with van der Waals surface area (Å²) < 4.78 is 7.77. The zero-order valence-corrected chi connectivity index (χ0v) is 26.3. The molecule has 5 rings (SSSR count). The van der Waals surface area contributed by atoms with Gasteiger partial charge in [0, 0.05) is 36.5 Å². The number of amides is 3. The number of anilines is 2. The van der Waals surface area contributed by atoms with Crippen LogP contribution in [-0.2, 0) is 9.59 Å². The van der Waals surface area contributed by atoms with Crippen LogP contribution in [0.2, 0.25) is 0 Å². The lowest BCUT2D eigenvalue weighted by molar-refractivity contribution is -0.139. The summed E-state index contributed by atoms with van der Waals surface area (Å²) in [4.78, 5) is 54.9. The number of hydrogen-bond donors (Lipinski definition) is 0. The molecule has 1 atom stereocenters. The number of carbonyl (C=O) groups excluding carboxylic acids is 4. The largest absolute Gasteiger partial charge is 0.426 e. The number of carbonyl (C=O) groups is 4. The number of hydrogen-bond acceptors (Lipinski definition) is 5. The topological polar surface area (TPSA) is 84.0 Å². The number of aryl methyl sites for hydroxylation is 2. The molecule has 0 spiro atoms. The van der Waals surface area contributed by atoms with E-state index in [0.29, 0.717) is 29.1 Å². The van der Waals surface area contributed by atoms with E-state index in [1.807, 2.05) is 31.2 Å². The maximum absolute atomic E-state index is 13.3. The van der Waals surface area contributed by atoms with Gasteiger partial charge in [0.2, 0.25) is 5.91 Å². The molecule has 0 aliphatic carbocycles. The zero-order chi connectivity index (χ0) is 27.5. The summed E-state index contributed by atoms with van der Waals surface area (Å²) in [5.74, 6) is -1.93. The Morgan fingerprint density at radius 2 is 1.42 bits per heavy atom. The summed E-state index contributed by atoms with van der Waals surface area (Å²) in [5, 5.41) is 0. The fourth-order valence-corrected chi connectivity index (χ4v) is 7.13. The number of para-hydroxylation sites is 1. The Labute approximate surface area is 252 Å². The van der Waals surface area contributed by atoms with Crippen molar-refractivity contribution in [3.63, 3.8) is 0 Å². The Kier molecular flexibility index (Phi) is 7.40. The smallest absolute Gasteiger partial charge is 0.316 e. The molecule has 3 aromatic carbocycles. The average Bonchev–Trinajstić information content (AvgIpc) is 3.39. The van der Waals surface area contributed by atoms with Crippen LogP contribution in [-0.4, -0.2) is 30.2 Å². The Hall–Kier alpha value is -2.34. The van der Waals surface area contributed by atoms with E-state index in [4.69, 9.17) is 4.74 Å². The number of benzene rings is 3. The van der Waals surface area contributed by atoms with Gasteiger partial charge in [-0.3, -0.25) is 19.2 Å². The first-order chi connectivity index (χ1) is 18.0. The Morgan fingerprint density at radius 3 is 2.00 bits per heavy atom. The van der Waals surface area contributed by atoms with Crippen LogP contribution in [0.5, 0.6) is 5.75 Å². The van der Waals surface area contributed by atoms with E-state index >= 15 is 0 Å². The van der Waals surface area contributed by atoms with E-state index in [1.165, 1.54) is 6.07 Å². The van der Waals surface area contributed by atoms with Gasteiger partial charge in [0.1, 0.15) is 5.75 Å². The van der Waals surface area contributed by atoms with Gasteiger partial charge < -0.3 is 9.64 Å². The maximum atomic E-state index is 13.3. The van der Waals surface area contributed by atoms with Crippen molar-refractivity contribution in [1.82, 2.24) is 0 Å². The highest BCUT2D eigenvalue weighted by Gasteiger charge is 2.42. The third-order valence-electron chi connectivity index (χ3n) is 6.59. The summed E-state index contributed by atoms with van der Waals surface area (Å²) in [6.45, 7) is 3.89. The van der Waals surface area contributed by atoms with E-state index in [9.17, 15) is 19.2 Å². The van der Waals surface area contributed by atoms with Gasteiger partial charge in [0.15, 0.2) is 0 Å². The predicted octanol–water partition coefficient (Wildman–Crippen LogP) is 7.11. The van der Waals surface area contributed by atoms with Crippen molar-refractivity contribution in [3.05, 3.63) is 82.6 Å². The van der Waals surface area contributed by atoms with Crippen LogP contribution in [0, 0.1) is 19.8 Å². The molecule has 38 heavy (non-hydrogen) atoms. The first-order valence-corrected chi connectivity index (χ1v) is 14.6. The van der Waals surface area contributed by atoms with Crippen molar-refractivity contribution in [2.75, 3.05) is 16.3 Å². The SMILES string of the molecule is Cc1ccccc1N1C[C@@H](C(=O)Oc2ccc(N3C(=O)c4c(Br)c(Br)c(Br)c(Br)c4C3=O)c(C)c2)CC1=O. The lowest BCUT2D eigenvalue weighted by Gasteiger charge is -2.19. The van der Waals surface area contributed by atoms with Crippen LogP contribution in [0.3, 0.4) is 0 Å². The van der Waals surface area contributed by atoms with Crippen LogP contribution < -0.4 is 14.5 Å². The van der Waals surface area contributed by atoms with Crippen LogP contribution in [0.25, 0.3) is 0 Å². The zero-order valence-electron chi connectivity index (χ0n) is 20.0. The summed E-state index contributed by atoms with van der Waals surface area (Å²) in [6.07, 6.45) is 0.0636. The van der Waals surface area contributed by atoms with Crippen LogP contribution in [0.4, 0.5) is 11.4 Å².